The Morgan fingerprint density at radius 3 is 3.06 bits per heavy atom. The fraction of sp³-hybridized carbons (Fsp3) is 0.538. The summed E-state index contributed by atoms with van der Waals surface area (Å²) in [7, 11) is 0. The first-order valence-corrected chi connectivity index (χ1v) is 7.27. The minimum atomic E-state index is 0.158. The van der Waals surface area contributed by atoms with Crippen LogP contribution >= 0.6 is 11.3 Å². The van der Waals surface area contributed by atoms with Crippen molar-refractivity contribution in [2.24, 2.45) is 0 Å². The van der Waals surface area contributed by atoms with E-state index in [4.69, 9.17) is 5.11 Å². The van der Waals surface area contributed by atoms with Crippen molar-refractivity contribution < 1.29 is 5.11 Å². The highest BCUT2D eigenvalue weighted by atomic mass is 32.1. The van der Waals surface area contributed by atoms with Crippen LogP contribution in [0.3, 0.4) is 0 Å². The number of hydrogen-bond donors (Lipinski definition) is 1. The second kappa shape index (κ2) is 4.82. The van der Waals surface area contributed by atoms with Crippen molar-refractivity contribution in [3.8, 4) is 0 Å². The molecule has 0 saturated heterocycles. The Kier molecular flexibility index (Phi) is 3.18. The molecule has 1 aliphatic rings. The van der Waals surface area contributed by atoms with Gasteiger partial charge in [-0.25, -0.2) is 9.97 Å². The minimum absolute atomic E-state index is 0.158. The van der Waals surface area contributed by atoms with Crippen molar-refractivity contribution in [2.45, 2.75) is 26.2 Å². The Morgan fingerprint density at radius 2 is 2.28 bits per heavy atom. The maximum atomic E-state index is 9.16. The fourth-order valence-corrected chi connectivity index (χ4v) is 3.91. The van der Waals surface area contributed by atoms with Gasteiger partial charge in [-0.1, -0.05) is 0 Å². The van der Waals surface area contributed by atoms with Crippen LogP contribution in [0.2, 0.25) is 0 Å². The largest absolute Gasteiger partial charge is 0.395 e. The zero-order valence-corrected chi connectivity index (χ0v) is 11.3. The molecule has 0 bridgehead atoms. The van der Waals surface area contributed by atoms with Gasteiger partial charge < -0.3 is 10.0 Å². The summed E-state index contributed by atoms with van der Waals surface area (Å²) < 4.78 is 0. The van der Waals surface area contributed by atoms with Gasteiger partial charge in [-0.2, -0.15) is 0 Å². The van der Waals surface area contributed by atoms with E-state index in [1.54, 1.807) is 17.7 Å². The van der Waals surface area contributed by atoms with Gasteiger partial charge in [0.05, 0.1) is 12.0 Å². The molecule has 0 saturated carbocycles. The first-order valence-electron chi connectivity index (χ1n) is 6.46. The van der Waals surface area contributed by atoms with Crippen LogP contribution in [0.4, 0.5) is 5.82 Å². The fourth-order valence-electron chi connectivity index (χ4n) is 2.69. The van der Waals surface area contributed by atoms with Gasteiger partial charge in [0.2, 0.25) is 0 Å². The molecule has 0 amide bonds. The van der Waals surface area contributed by atoms with Gasteiger partial charge in [-0.05, 0) is 31.7 Å². The lowest BCUT2D eigenvalue weighted by Gasteiger charge is -2.21. The van der Waals surface area contributed by atoms with Crippen molar-refractivity contribution in [3.05, 3.63) is 16.8 Å². The third-order valence-electron chi connectivity index (χ3n) is 3.53. The average Bonchev–Trinajstić information content (AvgIpc) is 2.95. The zero-order valence-electron chi connectivity index (χ0n) is 10.5. The molecule has 2 aromatic rings. The van der Waals surface area contributed by atoms with Crippen molar-refractivity contribution >= 4 is 27.4 Å². The highest BCUT2D eigenvalue weighted by Gasteiger charge is 2.22. The summed E-state index contributed by atoms with van der Waals surface area (Å²) in [4.78, 5) is 13.6. The van der Waals surface area contributed by atoms with Crippen molar-refractivity contribution in [1.29, 1.82) is 0 Å². The summed E-state index contributed by atoms with van der Waals surface area (Å²) in [5, 5.41) is 10.4. The lowest BCUT2D eigenvalue weighted by molar-refractivity contribution is 0.302. The number of anilines is 1. The molecule has 0 radical (unpaired) electrons. The lowest BCUT2D eigenvalue weighted by atomic mass is 10.2. The van der Waals surface area contributed by atoms with Crippen LogP contribution in [0.5, 0.6) is 0 Å². The molecule has 96 valence electrons. The number of rotatable bonds is 4. The number of fused-ring (bicyclic) bond motifs is 3. The molecule has 0 atom stereocenters. The van der Waals surface area contributed by atoms with Gasteiger partial charge in [0.1, 0.15) is 17.0 Å². The molecule has 2 heterocycles. The third-order valence-corrected chi connectivity index (χ3v) is 4.73. The van der Waals surface area contributed by atoms with E-state index in [-0.39, 0.29) is 6.61 Å². The Bertz CT molecular complexity index is 567. The van der Waals surface area contributed by atoms with Crippen LogP contribution in [0, 0.1) is 0 Å². The quantitative estimate of drug-likeness (QED) is 0.916. The molecule has 0 fully saturated rings. The highest BCUT2D eigenvalue weighted by Crippen LogP contribution is 2.39. The number of thiophene rings is 1. The average molecular weight is 263 g/mol. The van der Waals surface area contributed by atoms with Crippen LogP contribution in [0.15, 0.2) is 6.33 Å². The Balaban J connectivity index is 2.16. The molecule has 0 spiro atoms. The second-order valence-corrected chi connectivity index (χ2v) is 5.62. The van der Waals surface area contributed by atoms with E-state index in [1.165, 1.54) is 28.7 Å². The van der Waals surface area contributed by atoms with E-state index >= 15 is 0 Å². The molecular formula is C13H17N3OS. The van der Waals surface area contributed by atoms with E-state index in [1.807, 2.05) is 0 Å². The van der Waals surface area contributed by atoms with Gasteiger partial charge in [-0.3, -0.25) is 0 Å². The van der Waals surface area contributed by atoms with Gasteiger partial charge >= 0.3 is 0 Å². The van der Waals surface area contributed by atoms with Crippen molar-refractivity contribution in [1.82, 2.24) is 9.97 Å². The molecule has 0 aromatic carbocycles. The number of nitrogens with zero attached hydrogens (tertiary/aromatic N) is 3. The van der Waals surface area contributed by atoms with Crippen LogP contribution in [-0.2, 0) is 12.8 Å². The highest BCUT2D eigenvalue weighted by molar-refractivity contribution is 7.19. The molecule has 1 N–H and O–H groups in total. The predicted octanol–water partition coefficient (Wildman–Crippen LogP) is 2.00. The maximum Gasteiger partial charge on any atom is 0.141 e. The molecule has 4 nitrogen and oxygen atoms in total. The Labute approximate surface area is 110 Å². The summed E-state index contributed by atoms with van der Waals surface area (Å²) >= 11 is 1.81. The van der Waals surface area contributed by atoms with Crippen molar-refractivity contribution in [2.75, 3.05) is 24.6 Å². The first kappa shape index (κ1) is 11.9. The van der Waals surface area contributed by atoms with Gasteiger partial charge in [0, 0.05) is 18.0 Å². The molecule has 3 rings (SSSR count). The van der Waals surface area contributed by atoms with Crippen LogP contribution in [0.1, 0.15) is 23.8 Å². The molecule has 1 aliphatic carbocycles. The van der Waals surface area contributed by atoms with E-state index in [9.17, 15) is 0 Å². The number of aryl methyl sites for hydroxylation is 2. The topological polar surface area (TPSA) is 49.2 Å². The lowest BCUT2D eigenvalue weighted by Crippen LogP contribution is -2.27. The summed E-state index contributed by atoms with van der Waals surface area (Å²) in [6, 6.07) is 0. The Hall–Kier alpha value is -1.20. The van der Waals surface area contributed by atoms with E-state index in [2.05, 4.69) is 21.8 Å². The van der Waals surface area contributed by atoms with E-state index < -0.39 is 0 Å². The minimum Gasteiger partial charge on any atom is -0.395 e. The molecule has 0 unspecified atom stereocenters. The molecule has 18 heavy (non-hydrogen) atoms. The van der Waals surface area contributed by atoms with Gasteiger partial charge in [-0.15, -0.1) is 11.3 Å². The number of aliphatic hydroxyl groups excluding tert-OH is 1. The second-order valence-electron chi connectivity index (χ2n) is 4.54. The number of hydrogen-bond acceptors (Lipinski definition) is 5. The third kappa shape index (κ3) is 1.78. The van der Waals surface area contributed by atoms with Gasteiger partial charge in [0.25, 0.3) is 0 Å². The van der Waals surface area contributed by atoms with Crippen LogP contribution < -0.4 is 4.90 Å². The molecule has 5 heteroatoms. The van der Waals surface area contributed by atoms with E-state index in [0.29, 0.717) is 6.54 Å². The van der Waals surface area contributed by atoms with Gasteiger partial charge in [0.15, 0.2) is 0 Å². The molecular weight excluding hydrogens is 246 g/mol. The first-order chi connectivity index (χ1) is 8.85. The monoisotopic (exact) mass is 263 g/mol. The van der Waals surface area contributed by atoms with Crippen LogP contribution in [0.25, 0.3) is 10.2 Å². The summed E-state index contributed by atoms with van der Waals surface area (Å²) in [5.41, 5.74) is 1.45. The number of aromatic nitrogens is 2. The summed E-state index contributed by atoms with van der Waals surface area (Å²) in [6.45, 7) is 3.74. The smallest absolute Gasteiger partial charge is 0.141 e. The normalized spacial score (nSPS) is 14.1. The standard InChI is InChI=1S/C13H17N3OS/c1-2-16(6-7-17)12-11-9-4-3-5-10(9)18-13(11)15-8-14-12/h8,17H,2-7H2,1H3. The SMILES string of the molecule is CCN(CCO)c1ncnc2sc3c(c12)CCC3. The maximum absolute atomic E-state index is 9.16. The Morgan fingerprint density at radius 1 is 1.39 bits per heavy atom. The molecule has 0 aliphatic heterocycles. The van der Waals surface area contributed by atoms with E-state index in [0.717, 1.165) is 23.6 Å². The number of likely N-dealkylation sites (N-methyl/N-ethyl adjacent to an activating group) is 1. The molecule has 2 aromatic heterocycles. The summed E-state index contributed by atoms with van der Waals surface area (Å²) in [5.74, 6) is 0.996. The summed E-state index contributed by atoms with van der Waals surface area (Å²) in [6.07, 6.45) is 5.22. The van der Waals surface area contributed by atoms with Crippen LogP contribution in [-0.4, -0.2) is 34.8 Å². The zero-order chi connectivity index (χ0) is 12.5. The predicted molar refractivity (Wildman–Crippen MR) is 74.4 cm³/mol. The number of aliphatic hydroxyl groups is 1. The van der Waals surface area contributed by atoms with Crippen molar-refractivity contribution in [3.63, 3.8) is 0 Å².